The summed E-state index contributed by atoms with van der Waals surface area (Å²) < 4.78 is 0. The van der Waals surface area contributed by atoms with Crippen LogP contribution in [-0.4, -0.2) is 12.2 Å². The second kappa shape index (κ2) is 4.77. The fourth-order valence-corrected chi connectivity index (χ4v) is 4.66. The standard InChI is InChI=1S/C11H21BS/c1-13-12(10-6-2-3-7-10)11-8-4-5-9-11/h10-11H,2-9H2,1H3. The molecular formula is C11H21BS. The van der Waals surface area contributed by atoms with Gasteiger partial charge in [-0.15, -0.1) is 0 Å². The number of rotatable bonds is 3. The molecule has 2 aliphatic carbocycles. The van der Waals surface area contributed by atoms with Gasteiger partial charge in [0.1, 0.15) is 0 Å². The molecule has 0 atom stereocenters. The zero-order valence-electron chi connectivity index (χ0n) is 8.80. The van der Waals surface area contributed by atoms with Crippen LogP contribution in [-0.2, 0) is 0 Å². The molecule has 2 saturated carbocycles. The molecule has 0 saturated heterocycles. The molecule has 0 spiro atoms. The average Bonchev–Trinajstić information content (AvgIpc) is 2.76. The summed E-state index contributed by atoms with van der Waals surface area (Å²) >= 11 is 2.16. The van der Waals surface area contributed by atoms with Gasteiger partial charge in [-0.3, -0.25) is 0 Å². The molecule has 0 N–H and O–H groups in total. The molecule has 0 aliphatic heterocycles. The summed E-state index contributed by atoms with van der Waals surface area (Å²) in [6.45, 7) is 0. The van der Waals surface area contributed by atoms with Crippen molar-refractivity contribution in [3.8, 4) is 0 Å². The van der Waals surface area contributed by atoms with Crippen LogP contribution >= 0.6 is 11.6 Å². The Morgan fingerprint density at radius 2 is 1.23 bits per heavy atom. The van der Waals surface area contributed by atoms with Crippen molar-refractivity contribution in [1.82, 2.24) is 0 Å². The summed E-state index contributed by atoms with van der Waals surface area (Å²) in [4.78, 5) is 0. The third kappa shape index (κ3) is 2.26. The second-order valence-electron chi connectivity index (χ2n) is 4.79. The normalized spacial score (nSPS) is 25.6. The van der Waals surface area contributed by atoms with Gasteiger partial charge in [-0.05, 0) is 6.26 Å². The van der Waals surface area contributed by atoms with Crippen LogP contribution < -0.4 is 0 Å². The van der Waals surface area contributed by atoms with E-state index in [0.717, 1.165) is 17.6 Å². The van der Waals surface area contributed by atoms with E-state index >= 15 is 0 Å². The Labute approximate surface area is 87.2 Å². The summed E-state index contributed by atoms with van der Waals surface area (Å²) in [6.07, 6.45) is 14.5. The van der Waals surface area contributed by atoms with Crippen molar-refractivity contribution in [1.29, 1.82) is 0 Å². The lowest BCUT2D eigenvalue weighted by Crippen LogP contribution is -2.20. The maximum atomic E-state index is 2.33. The summed E-state index contributed by atoms with van der Waals surface area (Å²) in [5.41, 5.74) is 0. The topological polar surface area (TPSA) is 0 Å². The van der Waals surface area contributed by atoms with Crippen molar-refractivity contribution in [3.63, 3.8) is 0 Å². The van der Waals surface area contributed by atoms with E-state index in [9.17, 15) is 0 Å². The van der Waals surface area contributed by atoms with Gasteiger partial charge in [0.25, 0.3) is 0 Å². The molecule has 2 fully saturated rings. The molecule has 0 nitrogen and oxygen atoms in total. The molecule has 74 valence electrons. The van der Waals surface area contributed by atoms with Crippen molar-refractivity contribution >= 4 is 17.6 Å². The highest BCUT2D eigenvalue weighted by Crippen LogP contribution is 2.46. The van der Waals surface area contributed by atoms with Crippen LogP contribution in [0.2, 0.25) is 11.6 Å². The van der Waals surface area contributed by atoms with E-state index in [1.54, 1.807) is 0 Å². The molecule has 2 aliphatic rings. The minimum Gasteiger partial charge on any atom is -0.213 e. The SMILES string of the molecule is CSB(C1CCCC1)C1CCCC1. The minimum absolute atomic E-state index is 1.02. The Hall–Kier alpha value is 0.415. The van der Waals surface area contributed by atoms with Gasteiger partial charge in [-0.25, -0.2) is 11.6 Å². The van der Waals surface area contributed by atoms with Gasteiger partial charge in [0.05, 0.1) is 0 Å². The first-order valence-electron chi connectivity index (χ1n) is 5.94. The van der Waals surface area contributed by atoms with Gasteiger partial charge in [-0.1, -0.05) is 63.0 Å². The Bertz CT molecular complexity index is 132. The maximum absolute atomic E-state index is 2.33. The Kier molecular flexibility index (Phi) is 3.65. The van der Waals surface area contributed by atoms with Gasteiger partial charge in [0, 0.05) is 0 Å². The van der Waals surface area contributed by atoms with Gasteiger partial charge in [0.15, 0.2) is 0 Å². The van der Waals surface area contributed by atoms with Crippen LogP contribution in [0, 0.1) is 0 Å². The predicted molar refractivity (Wildman–Crippen MR) is 63.7 cm³/mol. The van der Waals surface area contributed by atoms with E-state index < -0.39 is 0 Å². The number of hydrogen-bond acceptors (Lipinski definition) is 1. The van der Waals surface area contributed by atoms with Crippen LogP contribution in [0.15, 0.2) is 0 Å². The number of hydrogen-bond donors (Lipinski definition) is 0. The van der Waals surface area contributed by atoms with Gasteiger partial charge in [-0.2, -0.15) is 0 Å². The van der Waals surface area contributed by atoms with Crippen LogP contribution in [0.25, 0.3) is 0 Å². The van der Waals surface area contributed by atoms with E-state index in [1.807, 2.05) is 0 Å². The van der Waals surface area contributed by atoms with E-state index in [4.69, 9.17) is 0 Å². The molecule has 0 aromatic rings. The van der Waals surface area contributed by atoms with Crippen molar-refractivity contribution in [2.24, 2.45) is 0 Å². The van der Waals surface area contributed by atoms with Crippen molar-refractivity contribution in [2.75, 3.05) is 6.26 Å². The van der Waals surface area contributed by atoms with Crippen molar-refractivity contribution in [3.05, 3.63) is 0 Å². The monoisotopic (exact) mass is 196 g/mol. The highest BCUT2D eigenvalue weighted by molar-refractivity contribution is 8.25. The van der Waals surface area contributed by atoms with E-state index in [1.165, 1.54) is 51.4 Å². The largest absolute Gasteiger partial charge is 0.215 e. The maximum Gasteiger partial charge on any atom is 0.215 e. The van der Waals surface area contributed by atoms with Gasteiger partial charge >= 0.3 is 0 Å². The first-order chi connectivity index (χ1) is 6.42. The summed E-state index contributed by atoms with van der Waals surface area (Å²) in [7, 11) is 0. The Morgan fingerprint density at radius 1 is 0.846 bits per heavy atom. The zero-order valence-corrected chi connectivity index (χ0v) is 9.61. The fourth-order valence-electron chi connectivity index (χ4n) is 3.34. The third-order valence-corrected chi connectivity index (χ3v) is 5.32. The molecule has 2 rings (SSSR count). The lowest BCUT2D eigenvalue weighted by atomic mass is 9.51. The molecule has 0 amide bonds. The fraction of sp³-hybridized carbons (Fsp3) is 1.00. The minimum atomic E-state index is 1.02. The zero-order chi connectivity index (χ0) is 9.10. The van der Waals surface area contributed by atoms with E-state index in [0.29, 0.717) is 0 Å². The first kappa shape index (κ1) is 9.95. The molecule has 2 heteroatoms. The lowest BCUT2D eigenvalue weighted by molar-refractivity contribution is 0.791. The van der Waals surface area contributed by atoms with Crippen LogP contribution in [0.5, 0.6) is 0 Å². The first-order valence-corrected chi connectivity index (χ1v) is 7.23. The highest BCUT2D eigenvalue weighted by Gasteiger charge is 2.35. The molecule has 0 unspecified atom stereocenters. The van der Waals surface area contributed by atoms with Crippen molar-refractivity contribution in [2.45, 2.75) is 63.0 Å². The molecule has 0 radical (unpaired) electrons. The Balaban J connectivity index is 1.90. The Morgan fingerprint density at radius 3 is 1.54 bits per heavy atom. The van der Waals surface area contributed by atoms with Gasteiger partial charge in [0.2, 0.25) is 5.99 Å². The average molecular weight is 196 g/mol. The third-order valence-electron chi connectivity index (χ3n) is 4.00. The van der Waals surface area contributed by atoms with E-state index in [2.05, 4.69) is 17.9 Å². The molecule has 0 heterocycles. The predicted octanol–water partition coefficient (Wildman–Crippen LogP) is 4.23. The summed E-state index contributed by atoms with van der Waals surface area (Å²) in [5, 5.41) is 0. The molecule has 0 aromatic carbocycles. The lowest BCUT2D eigenvalue weighted by Gasteiger charge is -2.23. The van der Waals surface area contributed by atoms with E-state index in [-0.39, 0.29) is 0 Å². The summed E-state index contributed by atoms with van der Waals surface area (Å²) in [5.74, 6) is 3.18. The summed E-state index contributed by atoms with van der Waals surface area (Å²) in [6, 6.07) is 0. The second-order valence-corrected chi connectivity index (χ2v) is 5.81. The quantitative estimate of drug-likeness (QED) is 0.608. The van der Waals surface area contributed by atoms with Crippen molar-refractivity contribution < 1.29 is 0 Å². The molecular weight excluding hydrogens is 175 g/mol. The van der Waals surface area contributed by atoms with Crippen LogP contribution in [0.4, 0.5) is 0 Å². The smallest absolute Gasteiger partial charge is 0.213 e. The van der Waals surface area contributed by atoms with Gasteiger partial charge < -0.3 is 0 Å². The van der Waals surface area contributed by atoms with Crippen LogP contribution in [0.1, 0.15) is 51.4 Å². The molecule has 0 aromatic heterocycles. The highest BCUT2D eigenvalue weighted by atomic mass is 32.2. The van der Waals surface area contributed by atoms with Crippen LogP contribution in [0.3, 0.4) is 0 Å². The molecule has 13 heavy (non-hydrogen) atoms. The molecule has 0 bridgehead atoms.